The van der Waals surface area contributed by atoms with Crippen LogP contribution in [-0.4, -0.2) is 26.3 Å². The third kappa shape index (κ3) is 3.35. The highest BCUT2D eigenvalue weighted by molar-refractivity contribution is 8.18. The number of rotatable bonds is 1. The highest BCUT2D eigenvalue weighted by atomic mass is 32.2. The third-order valence-electron chi connectivity index (χ3n) is 2.54. The zero-order valence-electron chi connectivity index (χ0n) is 9.78. The Bertz CT molecular complexity index is 178. The van der Waals surface area contributed by atoms with E-state index in [9.17, 15) is 5.11 Å². The number of thioether (sulfide) groups is 2. The van der Waals surface area contributed by atoms with Gasteiger partial charge in [-0.15, -0.1) is 23.5 Å². The van der Waals surface area contributed by atoms with Gasteiger partial charge in [-0.25, -0.2) is 0 Å². The van der Waals surface area contributed by atoms with E-state index in [1.54, 1.807) is 0 Å². The molecule has 84 valence electrons. The van der Waals surface area contributed by atoms with Crippen LogP contribution in [0.2, 0.25) is 0 Å². The molecule has 0 aromatic heterocycles. The Kier molecular flexibility index (Phi) is 4.24. The van der Waals surface area contributed by atoms with Gasteiger partial charge >= 0.3 is 0 Å². The smallest absolute Gasteiger partial charge is 0.0798 e. The van der Waals surface area contributed by atoms with Crippen molar-refractivity contribution in [1.82, 2.24) is 0 Å². The normalized spacial score (nSPS) is 36.9. The highest BCUT2D eigenvalue weighted by Crippen LogP contribution is 2.45. The molecule has 1 N–H and O–H groups in total. The minimum Gasteiger partial charge on any atom is -0.391 e. The van der Waals surface area contributed by atoms with E-state index >= 15 is 0 Å². The summed E-state index contributed by atoms with van der Waals surface area (Å²) in [6.45, 7) is 10.9. The Morgan fingerprint density at radius 1 is 1.14 bits per heavy atom. The van der Waals surface area contributed by atoms with Crippen LogP contribution >= 0.6 is 23.5 Å². The number of aliphatic hydroxyl groups excluding tert-OH is 1. The van der Waals surface area contributed by atoms with Crippen molar-refractivity contribution in [3.05, 3.63) is 0 Å². The second-order valence-electron chi connectivity index (χ2n) is 5.31. The van der Waals surface area contributed by atoms with Crippen LogP contribution < -0.4 is 0 Å². The van der Waals surface area contributed by atoms with Gasteiger partial charge in [0, 0.05) is 10.5 Å². The van der Waals surface area contributed by atoms with E-state index in [4.69, 9.17) is 0 Å². The van der Waals surface area contributed by atoms with E-state index in [1.165, 1.54) is 6.42 Å². The number of hydrogen-bond donors (Lipinski definition) is 1. The van der Waals surface area contributed by atoms with Gasteiger partial charge in [0.25, 0.3) is 0 Å². The monoisotopic (exact) mass is 234 g/mol. The van der Waals surface area contributed by atoms with E-state index in [0.717, 1.165) is 0 Å². The fraction of sp³-hybridized carbons (Fsp3) is 1.00. The van der Waals surface area contributed by atoms with Crippen molar-refractivity contribution >= 4 is 23.5 Å². The van der Waals surface area contributed by atoms with Crippen LogP contribution in [-0.2, 0) is 0 Å². The van der Waals surface area contributed by atoms with Gasteiger partial charge in [-0.2, -0.15) is 0 Å². The van der Waals surface area contributed by atoms with Crippen molar-refractivity contribution in [3.63, 3.8) is 0 Å². The molecule has 0 bridgehead atoms. The van der Waals surface area contributed by atoms with Crippen LogP contribution in [0.4, 0.5) is 0 Å². The molecule has 1 saturated heterocycles. The summed E-state index contributed by atoms with van der Waals surface area (Å²) in [6, 6.07) is 0. The van der Waals surface area contributed by atoms with Crippen molar-refractivity contribution in [2.24, 2.45) is 5.41 Å². The van der Waals surface area contributed by atoms with Crippen LogP contribution in [0.5, 0.6) is 0 Å². The van der Waals surface area contributed by atoms with Gasteiger partial charge in [0.15, 0.2) is 0 Å². The lowest BCUT2D eigenvalue weighted by Crippen LogP contribution is -2.38. The van der Waals surface area contributed by atoms with Crippen molar-refractivity contribution in [1.29, 1.82) is 0 Å². The summed E-state index contributed by atoms with van der Waals surface area (Å²) in [4.78, 5) is 0. The summed E-state index contributed by atoms with van der Waals surface area (Å²) < 4.78 is 0.355. The maximum atomic E-state index is 10.2. The Balaban J connectivity index is 2.59. The predicted octanol–water partition coefficient (Wildman–Crippen LogP) is 3.37. The van der Waals surface area contributed by atoms with Gasteiger partial charge < -0.3 is 5.11 Å². The molecule has 0 saturated carbocycles. The first-order valence-electron chi connectivity index (χ1n) is 5.29. The molecule has 0 aromatic carbocycles. The van der Waals surface area contributed by atoms with Crippen LogP contribution in [0.1, 0.15) is 41.0 Å². The fourth-order valence-electron chi connectivity index (χ4n) is 1.63. The van der Waals surface area contributed by atoms with Gasteiger partial charge in [0.1, 0.15) is 0 Å². The second kappa shape index (κ2) is 4.67. The van der Waals surface area contributed by atoms with Crippen LogP contribution in [0.3, 0.4) is 0 Å². The Morgan fingerprint density at radius 3 is 1.93 bits per heavy atom. The molecule has 0 amide bonds. The molecule has 1 aliphatic heterocycles. The molecule has 14 heavy (non-hydrogen) atoms. The first-order chi connectivity index (χ1) is 6.30. The zero-order chi connectivity index (χ0) is 10.9. The van der Waals surface area contributed by atoms with Gasteiger partial charge in [0.2, 0.25) is 0 Å². The summed E-state index contributed by atoms with van der Waals surface area (Å²) in [5.41, 5.74) is 0.00144. The summed E-state index contributed by atoms with van der Waals surface area (Å²) in [5, 5.41) is 11.6. The SMILES string of the molecule is CC1CC(C)SC(C(O)C(C)(C)C)S1. The maximum Gasteiger partial charge on any atom is 0.0798 e. The van der Waals surface area contributed by atoms with E-state index in [1.807, 2.05) is 23.5 Å². The van der Waals surface area contributed by atoms with Crippen LogP contribution in [0, 0.1) is 5.41 Å². The molecular formula is C11H22OS2. The molecule has 1 heterocycles. The lowest BCUT2D eigenvalue weighted by molar-refractivity contribution is 0.0773. The van der Waals surface area contributed by atoms with Crippen molar-refractivity contribution in [3.8, 4) is 0 Å². The van der Waals surface area contributed by atoms with Gasteiger partial charge in [-0.3, -0.25) is 0 Å². The largest absolute Gasteiger partial charge is 0.391 e. The van der Waals surface area contributed by atoms with Gasteiger partial charge in [-0.05, 0) is 11.8 Å². The van der Waals surface area contributed by atoms with E-state index in [-0.39, 0.29) is 11.5 Å². The molecule has 1 rings (SSSR count). The highest BCUT2D eigenvalue weighted by Gasteiger charge is 2.36. The summed E-state index contributed by atoms with van der Waals surface area (Å²) >= 11 is 3.88. The molecule has 3 atom stereocenters. The topological polar surface area (TPSA) is 20.2 Å². The van der Waals surface area contributed by atoms with Crippen molar-refractivity contribution in [2.45, 2.75) is 62.2 Å². The number of aliphatic hydroxyl groups is 1. The summed E-state index contributed by atoms with van der Waals surface area (Å²) in [5.74, 6) is 0. The van der Waals surface area contributed by atoms with Crippen molar-refractivity contribution in [2.75, 3.05) is 0 Å². The van der Waals surface area contributed by atoms with E-state index < -0.39 is 0 Å². The lowest BCUT2D eigenvalue weighted by Gasteiger charge is -2.38. The summed E-state index contributed by atoms with van der Waals surface area (Å²) in [6.07, 6.45) is 1.06. The molecule has 1 aliphatic rings. The molecule has 3 unspecified atom stereocenters. The molecular weight excluding hydrogens is 212 g/mol. The van der Waals surface area contributed by atoms with Gasteiger partial charge in [0.05, 0.1) is 10.7 Å². The number of hydrogen-bond acceptors (Lipinski definition) is 3. The van der Waals surface area contributed by atoms with E-state index in [2.05, 4.69) is 34.6 Å². The Hall–Kier alpha value is 0.660. The fourth-order valence-corrected chi connectivity index (χ4v) is 5.97. The average Bonchev–Trinajstić information content (AvgIpc) is 1.99. The van der Waals surface area contributed by atoms with Crippen LogP contribution in [0.25, 0.3) is 0 Å². The minimum absolute atomic E-state index is 0.00144. The van der Waals surface area contributed by atoms with Gasteiger partial charge in [-0.1, -0.05) is 34.6 Å². The molecule has 1 nitrogen and oxygen atoms in total. The zero-order valence-corrected chi connectivity index (χ0v) is 11.4. The second-order valence-corrected chi connectivity index (χ2v) is 8.78. The Morgan fingerprint density at radius 2 is 1.57 bits per heavy atom. The first kappa shape index (κ1) is 12.7. The first-order valence-corrected chi connectivity index (χ1v) is 7.18. The van der Waals surface area contributed by atoms with Crippen molar-refractivity contribution < 1.29 is 5.11 Å². The average molecular weight is 234 g/mol. The molecule has 0 aromatic rings. The Labute approximate surface area is 96.4 Å². The summed E-state index contributed by atoms with van der Waals surface area (Å²) in [7, 11) is 0. The van der Waals surface area contributed by atoms with Crippen LogP contribution in [0.15, 0.2) is 0 Å². The predicted molar refractivity (Wildman–Crippen MR) is 68.0 cm³/mol. The lowest BCUT2D eigenvalue weighted by atomic mass is 9.90. The minimum atomic E-state index is -0.206. The molecule has 1 fully saturated rings. The molecule has 0 radical (unpaired) electrons. The van der Waals surface area contributed by atoms with E-state index in [0.29, 0.717) is 15.1 Å². The molecule has 0 spiro atoms. The molecule has 3 heteroatoms. The molecule has 0 aliphatic carbocycles. The quantitative estimate of drug-likeness (QED) is 0.751. The standard InChI is InChI=1S/C11H22OS2/c1-7-6-8(2)14-10(13-7)9(12)11(3,4)5/h7-10,12H,6H2,1-5H3. The maximum absolute atomic E-state index is 10.2. The third-order valence-corrected chi connectivity index (χ3v) is 5.57.